The first-order chi connectivity index (χ1) is 6.28. The maximum atomic E-state index is 2.32. The number of rotatable bonds is 4. The van der Waals surface area contributed by atoms with Gasteiger partial charge in [0.15, 0.2) is 0 Å². The topological polar surface area (TPSA) is 0 Å². The lowest BCUT2D eigenvalue weighted by Gasteiger charge is -2.10. The van der Waals surface area contributed by atoms with E-state index in [2.05, 4.69) is 27.7 Å². The van der Waals surface area contributed by atoms with E-state index in [1.54, 1.807) is 24.6 Å². The zero-order valence-electron chi connectivity index (χ0n) is 9.35. The van der Waals surface area contributed by atoms with Crippen molar-refractivity contribution in [3.05, 3.63) is 11.1 Å². The minimum atomic E-state index is 0.856. The van der Waals surface area contributed by atoms with Gasteiger partial charge in [-0.2, -0.15) is 0 Å². The van der Waals surface area contributed by atoms with Crippen LogP contribution in [0.25, 0.3) is 0 Å². The first-order valence-electron chi connectivity index (χ1n) is 5.57. The molecule has 0 saturated heterocycles. The van der Waals surface area contributed by atoms with E-state index < -0.39 is 0 Å². The van der Waals surface area contributed by atoms with Crippen LogP contribution in [0.3, 0.4) is 0 Å². The summed E-state index contributed by atoms with van der Waals surface area (Å²) in [6.45, 7) is 9.22. The molecule has 0 aromatic heterocycles. The fourth-order valence-corrected chi connectivity index (χ4v) is 3.95. The summed E-state index contributed by atoms with van der Waals surface area (Å²) in [5, 5.41) is 1.71. The van der Waals surface area contributed by atoms with Crippen LogP contribution in [0.2, 0.25) is 0 Å². The predicted molar refractivity (Wildman–Crippen MR) is 63.9 cm³/mol. The highest BCUT2D eigenvalue weighted by Gasteiger charge is 2.22. The second kappa shape index (κ2) is 4.96. The molecule has 74 valence electrons. The van der Waals surface area contributed by atoms with Crippen LogP contribution in [0.15, 0.2) is 11.1 Å². The highest BCUT2D eigenvalue weighted by atomic mass is 31.1. The molecule has 0 spiro atoms. The van der Waals surface area contributed by atoms with Crippen molar-refractivity contribution in [2.75, 3.05) is 0 Å². The monoisotopic (exact) mass is 196 g/mol. The summed E-state index contributed by atoms with van der Waals surface area (Å²) in [6.07, 6.45) is 5.08. The molecule has 0 saturated carbocycles. The minimum Gasteiger partial charge on any atom is -0.0928 e. The SMILES string of the molecule is CCC1=PC(CC)C(CC)=C1CC. The molecule has 0 amide bonds. The molecule has 0 aromatic carbocycles. The molecule has 0 radical (unpaired) electrons. The largest absolute Gasteiger partial charge is 0.0928 e. The molecular weight excluding hydrogens is 175 g/mol. The molecule has 0 bridgehead atoms. The van der Waals surface area contributed by atoms with Crippen molar-refractivity contribution in [1.29, 1.82) is 0 Å². The van der Waals surface area contributed by atoms with Crippen molar-refractivity contribution < 1.29 is 0 Å². The van der Waals surface area contributed by atoms with E-state index in [1.165, 1.54) is 25.7 Å². The van der Waals surface area contributed by atoms with Gasteiger partial charge in [-0.05, 0) is 36.5 Å². The Morgan fingerprint density at radius 3 is 2.08 bits per heavy atom. The second-order valence-corrected chi connectivity index (χ2v) is 4.99. The van der Waals surface area contributed by atoms with Crippen LogP contribution >= 0.6 is 8.20 Å². The van der Waals surface area contributed by atoms with Crippen LogP contribution < -0.4 is 0 Å². The third-order valence-electron chi connectivity index (χ3n) is 2.91. The Kier molecular flexibility index (Phi) is 4.19. The molecule has 0 aliphatic carbocycles. The van der Waals surface area contributed by atoms with Gasteiger partial charge in [-0.25, -0.2) is 0 Å². The molecule has 1 heterocycles. The number of hydrogen-bond donors (Lipinski definition) is 0. The van der Waals surface area contributed by atoms with E-state index in [4.69, 9.17) is 0 Å². The van der Waals surface area contributed by atoms with Gasteiger partial charge in [0.05, 0.1) is 0 Å². The molecule has 1 unspecified atom stereocenters. The lowest BCUT2D eigenvalue weighted by Crippen LogP contribution is -2.01. The first kappa shape index (κ1) is 11.0. The van der Waals surface area contributed by atoms with Crippen molar-refractivity contribution >= 4 is 13.5 Å². The van der Waals surface area contributed by atoms with Gasteiger partial charge in [0.2, 0.25) is 0 Å². The zero-order chi connectivity index (χ0) is 9.84. The average molecular weight is 196 g/mol. The lowest BCUT2D eigenvalue weighted by molar-refractivity contribution is 0.862. The summed E-state index contributed by atoms with van der Waals surface area (Å²) in [7, 11) is 1.61. The quantitative estimate of drug-likeness (QED) is 0.584. The van der Waals surface area contributed by atoms with Crippen LogP contribution in [0.1, 0.15) is 53.4 Å². The van der Waals surface area contributed by atoms with E-state index in [-0.39, 0.29) is 0 Å². The van der Waals surface area contributed by atoms with Crippen molar-refractivity contribution in [3.8, 4) is 0 Å². The van der Waals surface area contributed by atoms with E-state index in [0.29, 0.717) is 0 Å². The average Bonchev–Trinajstić information content (AvgIpc) is 2.54. The minimum absolute atomic E-state index is 0.856. The van der Waals surface area contributed by atoms with E-state index in [1.807, 2.05) is 0 Å². The smallest absolute Gasteiger partial charge is 0.0224 e. The normalized spacial score (nSPS) is 23.7. The molecule has 0 aromatic rings. The Hall–Kier alpha value is -0.0900. The van der Waals surface area contributed by atoms with Crippen molar-refractivity contribution in [2.24, 2.45) is 0 Å². The summed E-state index contributed by atoms with van der Waals surface area (Å²) in [5.41, 5.74) is 4.32. The van der Waals surface area contributed by atoms with E-state index in [0.717, 1.165) is 5.66 Å². The summed E-state index contributed by atoms with van der Waals surface area (Å²) in [5.74, 6) is 0. The van der Waals surface area contributed by atoms with Crippen LogP contribution in [0.5, 0.6) is 0 Å². The van der Waals surface area contributed by atoms with Gasteiger partial charge in [-0.3, -0.25) is 0 Å². The van der Waals surface area contributed by atoms with Crippen LogP contribution in [0, 0.1) is 0 Å². The number of allylic oxidation sites excluding steroid dienone is 2. The zero-order valence-corrected chi connectivity index (χ0v) is 10.2. The Labute approximate surface area is 84.2 Å². The molecule has 1 atom stereocenters. The van der Waals surface area contributed by atoms with Crippen molar-refractivity contribution in [2.45, 2.75) is 59.0 Å². The maximum Gasteiger partial charge on any atom is 0.0224 e. The Morgan fingerprint density at radius 2 is 1.69 bits per heavy atom. The van der Waals surface area contributed by atoms with Crippen LogP contribution in [-0.2, 0) is 0 Å². The summed E-state index contributed by atoms with van der Waals surface area (Å²) < 4.78 is 0. The summed E-state index contributed by atoms with van der Waals surface area (Å²) in [6, 6.07) is 0. The molecule has 0 nitrogen and oxygen atoms in total. The molecule has 13 heavy (non-hydrogen) atoms. The molecule has 1 aliphatic rings. The predicted octanol–water partition coefficient (Wildman–Crippen LogP) is 4.42. The third kappa shape index (κ3) is 2.05. The Balaban J connectivity index is 2.96. The molecule has 1 heteroatoms. The van der Waals surface area contributed by atoms with Gasteiger partial charge < -0.3 is 0 Å². The lowest BCUT2D eigenvalue weighted by atomic mass is 9.96. The first-order valence-corrected chi connectivity index (χ1v) is 6.53. The van der Waals surface area contributed by atoms with Crippen LogP contribution in [0.4, 0.5) is 0 Å². The third-order valence-corrected chi connectivity index (χ3v) is 4.79. The second-order valence-electron chi connectivity index (χ2n) is 3.56. The molecular formula is C12H21P. The Morgan fingerprint density at radius 1 is 1.00 bits per heavy atom. The molecule has 1 aliphatic heterocycles. The van der Waals surface area contributed by atoms with Gasteiger partial charge in [0.1, 0.15) is 0 Å². The summed E-state index contributed by atoms with van der Waals surface area (Å²) in [4.78, 5) is 0. The highest BCUT2D eigenvalue weighted by Crippen LogP contribution is 2.38. The Bertz CT molecular complexity index is 236. The standard InChI is InChI=1S/C12H21P/c1-5-9-10(6-2)12(8-4)13-11(9)7-3/h11H,5-8H2,1-4H3. The van der Waals surface area contributed by atoms with Crippen LogP contribution in [-0.4, -0.2) is 11.0 Å². The van der Waals surface area contributed by atoms with Gasteiger partial charge in [0, 0.05) is 5.66 Å². The van der Waals surface area contributed by atoms with Gasteiger partial charge in [-0.1, -0.05) is 41.5 Å². The number of hydrogen-bond acceptors (Lipinski definition) is 0. The fourth-order valence-electron chi connectivity index (χ4n) is 2.25. The van der Waals surface area contributed by atoms with E-state index >= 15 is 0 Å². The van der Waals surface area contributed by atoms with Gasteiger partial charge >= 0.3 is 0 Å². The molecule has 0 fully saturated rings. The van der Waals surface area contributed by atoms with Crippen molar-refractivity contribution in [3.63, 3.8) is 0 Å². The van der Waals surface area contributed by atoms with E-state index in [9.17, 15) is 0 Å². The summed E-state index contributed by atoms with van der Waals surface area (Å²) >= 11 is 0. The molecule has 1 rings (SSSR count). The van der Waals surface area contributed by atoms with Crippen molar-refractivity contribution in [1.82, 2.24) is 0 Å². The fraction of sp³-hybridized carbons (Fsp3) is 0.750. The van der Waals surface area contributed by atoms with Gasteiger partial charge in [-0.15, -0.1) is 0 Å². The molecule has 0 N–H and O–H groups in total. The van der Waals surface area contributed by atoms with Gasteiger partial charge in [0.25, 0.3) is 0 Å². The maximum absolute atomic E-state index is 2.32. The highest BCUT2D eigenvalue weighted by molar-refractivity contribution is 7.43.